The summed E-state index contributed by atoms with van der Waals surface area (Å²) in [5, 5.41) is 0. The van der Waals surface area contributed by atoms with E-state index in [-0.39, 0.29) is 19.2 Å². The van der Waals surface area contributed by atoms with Gasteiger partial charge in [0, 0.05) is 32.7 Å². The summed E-state index contributed by atoms with van der Waals surface area (Å²) < 4.78 is 38.5. The molecule has 2 aromatic rings. The van der Waals surface area contributed by atoms with Crippen molar-refractivity contribution in [3.63, 3.8) is 0 Å². The van der Waals surface area contributed by atoms with E-state index in [9.17, 15) is 13.2 Å². The number of benzene rings is 2. The van der Waals surface area contributed by atoms with Gasteiger partial charge in [-0.1, -0.05) is 12.1 Å². The summed E-state index contributed by atoms with van der Waals surface area (Å²) in [5.41, 5.74) is 3.45. The summed E-state index contributed by atoms with van der Waals surface area (Å²) in [5.74, 6) is 1.48. The van der Waals surface area contributed by atoms with Gasteiger partial charge in [-0.2, -0.15) is 4.31 Å². The van der Waals surface area contributed by atoms with Crippen molar-refractivity contribution in [2.75, 3.05) is 46.6 Å². The molecular formula is C24H29N3O5S. The maximum Gasteiger partial charge on any atom is 0.243 e. The van der Waals surface area contributed by atoms with Gasteiger partial charge in [0.25, 0.3) is 0 Å². The van der Waals surface area contributed by atoms with Crippen molar-refractivity contribution in [2.45, 2.75) is 30.7 Å². The number of carbonyl (C=O) groups excluding carboxylic acids is 1. The molecule has 33 heavy (non-hydrogen) atoms. The standard InChI is InChI=1S/C24H29N3O5S/c1-25(15-18-5-8-22-23(13-18)32-17-31-22)16-24(28)26-9-11-27(12-10-26)33(29,30)21-7-6-19-3-2-4-20(19)14-21/h5-8,13-14H,2-4,9-12,15-17H2,1H3. The van der Waals surface area contributed by atoms with E-state index >= 15 is 0 Å². The summed E-state index contributed by atoms with van der Waals surface area (Å²) in [6.07, 6.45) is 3.06. The van der Waals surface area contributed by atoms with E-state index in [0.29, 0.717) is 37.6 Å². The molecule has 1 aliphatic carbocycles. The van der Waals surface area contributed by atoms with Crippen molar-refractivity contribution in [1.82, 2.24) is 14.1 Å². The zero-order valence-electron chi connectivity index (χ0n) is 18.8. The number of likely N-dealkylation sites (N-methyl/N-ethyl adjacent to an activating group) is 1. The molecule has 0 bridgehead atoms. The average molecular weight is 472 g/mol. The van der Waals surface area contributed by atoms with E-state index in [0.717, 1.165) is 41.9 Å². The van der Waals surface area contributed by atoms with Crippen LogP contribution in [0.2, 0.25) is 0 Å². The Morgan fingerprint density at radius 3 is 2.55 bits per heavy atom. The molecule has 0 aromatic heterocycles. The molecule has 1 amide bonds. The summed E-state index contributed by atoms with van der Waals surface area (Å²) in [6, 6.07) is 11.3. The van der Waals surface area contributed by atoms with Crippen molar-refractivity contribution in [3.05, 3.63) is 53.1 Å². The molecular weight excluding hydrogens is 442 g/mol. The molecule has 0 unspecified atom stereocenters. The van der Waals surface area contributed by atoms with Crippen LogP contribution >= 0.6 is 0 Å². The summed E-state index contributed by atoms with van der Waals surface area (Å²) in [7, 11) is -1.64. The van der Waals surface area contributed by atoms with Gasteiger partial charge in [-0.15, -0.1) is 0 Å². The van der Waals surface area contributed by atoms with Crippen LogP contribution < -0.4 is 9.47 Å². The second-order valence-electron chi connectivity index (χ2n) is 8.93. The molecule has 0 radical (unpaired) electrons. The molecule has 3 aliphatic rings. The predicted octanol–water partition coefficient (Wildman–Crippen LogP) is 1.87. The lowest BCUT2D eigenvalue weighted by atomic mass is 10.1. The van der Waals surface area contributed by atoms with Crippen molar-refractivity contribution in [3.8, 4) is 11.5 Å². The molecule has 5 rings (SSSR count). The highest BCUT2D eigenvalue weighted by molar-refractivity contribution is 7.89. The number of carbonyl (C=O) groups is 1. The number of piperazine rings is 1. The molecule has 0 N–H and O–H groups in total. The van der Waals surface area contributed by atoms with Gasteiger partial charge in [-0.25, -0.2) is 8.42 Å². The first-order valence-corrected chi connectivity index (χ1v) is 12.8. The second kappa shape index (κ2) is 8.96. The van der Waals surface area contributed by atoms with Gasteiger partial charge in [-0.3, -0.25) is 9.69 Å². The molecule has 0 saturated carbocycles. The van der Waals surface area contributed by atoms with Gasteiger partial charge in [0.15, 0.2) is 11.5 Å². The molecule has 2 aliphatic heterocycles. The average Bonchev–Trinajstić information content (AvgIpc) is 3.47. The van der Waals surface area contributed by atoms with Crippen LogP contribution in [0.1, 0.15) is 23.1 Å². The van der Waals surface area contributed by atoms with Crippen LogP contribution in [-0.2, 0) is 34.2 Å². The van der Waals surface area contributed by atoms with E-state index in [1.165, 1.54) is 9.87 Å². The van der Waals surface area contributed by atoms with Crippen molar-refractivity contribution in [2.24, 2.45) is 0 Å². The van der Waals surface area contributed by atoms with E-state index in [2.05, 4.69) is 0 Å². The highest BCUT2D eigenvalue weighted by Gasteiger charge is 2.31. The number of fused-ring (bicyclic) bond motifs is 2. The van der Waals surface area contributed by atoms with Crippen LogP contribution in [0.25, 0.3) is 0 Å². The van der Waals surface area contributed by atoms with Gasteiger partial charge >= 0.3 is 0 Å². The number of sulfonamides is 1. The number of hydrogen-bond donors (Lipinski definition) is 0. The van der Waals surface area contributed by atoms with Crippen LogP contribution in [0, 0.1) is 0 Å². The number of hydrogen-bond acceptors (Lipinski definition) is 6. The van der Waals surface area contributed by atoms with Crippen LogP contribution in [0.15, 0.2) is 41.3 Å². The fraction of sp³-hybridized carbons (Fsp3) is 0.458. The van der Waals surface area contributed by atoms with Gasteiger partial charge < -0.3 is 14.4 Å². The Kier molecular flexibility index (Phi) is 6.03. The predicted molar refractivity (Wildman–Crippen MR) is 123 cm³/mol. The fourth-order valence-corrected chi connectivity index (χ4v) is 6.25. The number of ether oxygens (including phenoxy) is 2. The zero-order chi connectivity index (χ0) is 23.0. The van der Waals surface area contributed by atoms with Crippen LogP contribution in [0.5, 0.6) is 11.5 Å². The fourth-order valence-electron chi connectivity index (χ4n) is 4.77. The smallest absolute Gasteiger partial charge is 0.243 e. The molecule has 9 heteroatoms. The van der Waals surface area contributed by atoms with Gasteiger partial charge in [0.05, 0.1) is 11.4 Å². The van der Waals surface area contributed by atoms with Gasteiger partial charge in [0.2, 0.25) is 22.7 Å². The Bertz CT molecular complexity index is 1160. The number of rotatable bonds is 6. The lowest BCUT2D eigenvalue weighted by Crippen LogP contribution is -2.52. The third kappa shape index (κ3) is 4.58. The molecule has 8 nitrogen and oxygen atoms in total. The summed E-state index contributed by atoms with van der Waals surface area (Å²) in [4.78, 5) is 16.9. The topological polar surface area (TPSA) is 79.4 Å². The van der Waals surface area contributed by atoms with E-state index < -0.39 is 10.0 Å². The monoisotopic (exact) mass is 471 g/mol. The van der Waals surface area contributed by atoms with E-state index in [1.807, 2.05) is 42.3 Å². The van der Waals surface area contributed by atoms with Crippen molar-refractivity contribution >= 4 is 15.9 Å². The van der Waals surface area contributed by atoms with Crippen LogP contribution in [-0.4, -0.2) is 75.0 Å². The van der Waals surface area contributed by atoms with E-state index in [4.69, 9.17) is 9.47 Å². The molecule has 0 spiro atoms. The quantitative estimate of drug-likeness (QED) is 0.640. The molecule has 176 valence electrons. The molecule has 0 atom stereocenters. The third-order valence-electron chi connectivity index (χ3n) is 6.59. The number of nitrogens with zero attached hydrogens (tertiary/aromatic N) is 3. The lowest BCUT2D eigenvalue weighted by molar-refractivity contribution is -0.133. The summed E-state index contributed by atoms with van der Waals surface area (Å²) in [6.45, 7) is 2.55. The van der Waals surface area contributed by atoms with Crippen LogP contribution in [0.3, 0.4) is 0 Å². The molecule has 1 saturated heterocycles. The SMILES string of the molecule is CN(CC(=O)N1CCN(S(=O)(=O)c2ccc3c(c2)CCC3)CC1)Cc1ccc2c(c1)OCO2. The zero-order valence-corrected chi connectivity index (χ0v) is 19.6. The van der Waals surface area contributed by atoms with Crippen LogP contribution in [0.4, 0.5) is 0 Å². The maximum atomic E-state index is 13.1. The Hall–Kier alpha value is -2.62. The van der Waals surface area contributed by atoms with Crippen molar-refractivity contribution < 1.29 is 22.7 Å². The third-order valence-corrected chi connectivity index (χ3v) is 8.49. The minimum Gasteiger partial charge on any atom is -0.454 e. The lowest BCUT2D eigenvalue weighted by Gasteiger charge is -2.35. The largest absolute Gasteiger partial charge is 0.454 e. The minimum atomic E-state index is -3.54. The maximum absolute atomic E-state index is 13.1. The Balaban J connectivity index is 1.15. The van der Waals surface area contributed by atoms with Crippen molar-refractivity contribution in [1.29, 1.82) is 0 Å². The minimum absolute atomic E-state index is 0.00724. The van der Waals surface area contributed by atoms with Gasteiger partial charge in [-0.05, 0) is 67.3 Å². The van der Waals surface area contributed by atoms with E-state index in [1.54, 1.807) is 11.0 Å². The first-order valence-electron chi connectivity index (χ1n) is 11.4. The molecule has 2 heterocycles. The normalized spacial score (nSPS) is 18.1. The molecule has 1 fully saturated rings. The Morgan fingerprint density at radius 1 is 0.970 bits per heavy atom. The number of aryl methyl sites for hydroxylation is 2. The molecule has 2 aromatic carbocycles. The van der Waals surface area contributed by atoms with Gasteiger partial charge in [0.1, 0.15) is 0 Å². The Labute approximate surface area is 194 Å². The first kappa shape index (κ1) is 22.2. The second-order valence-corrected chi connectivity index (χ2v) is 10.9. The Morgan fingerprint density at radius 2 is 1.73 bits per heavy atom. The summed E-state index contributed by atoms with van der Waals surface area (Å²) >= 11 is 0. The first-order chi connectivity index (χ1) is 15.9. The highest BCUT2D eigenvalue weighted by Crippen LogP contribution is 2.32. The highest BCUT2D eigenvalue weighted by atomic mass is 32.2. The number of amides is 1.